The summed E-state index contributed by atoms with van der Waals surface area (Å²) in [6.45, 7) is 1.73. The summed E-state index contributed by atoms with van der Waals surface area (Å²) in [5, 5.41) is 30.1. The fourth-order valence-electron chi connectivity index (χ4n) is 1.21. The maximum Gasteiger partial charge on any atom is 0.0942 e. The zero-order chi connectivity index (χ0) is 11.3. The third-order valence-corrected chi connectivity index (χ3v) is 2.12. The minimum atomic E-state index is -0.764. The van der Waals surface area contributed by atoms with Crippen LogP contribution in [0.1, 0.15) is 18.6 Å². The molecule has 0 spiro atoms. The largest absolute Gasteiger partial charge is 0.394 e. The van der Waals surface area contributed by atoms with E-state index in [1.54, 1.807) is 6.92 Å². The molecule has 0 radical (unpaired) electrons. The second kappa shape index (κ2) is 5.70. The van der Waals surface area contributed by atoms with E-state index in [-0.39, 0.29) is 6.61 Å². The first-order valence-corrected chi connectivity index (χ1v) is 4.94. The van der Waals surface area contributed by atoms with Crippen molar-refractivity contribution in [2.75, 3.05) is 18.5 Å². The number of anilines is 1. The van der Waals surface area contributed by atoms with Gasteiger partial charge in [-0.15, -0.1) is 0 Å². The topological polar surface area (TPSA) is 72.7 Å². The maximum absolute atomic E-state index is 9.35. The van der Waals surface area contributed by atoms with Crippen LogP contribution in [-0.2, 0) is 0 Å². The van der Waals surface area contributed by atoms with E-state index in [2.05, 4.69) is 5.32 Å². The second-order valence-electron chi connectivity index (χ2n) is 3.52. The molecule has 1 aromatic carbocycles. The van der Waals surface area contributed by atoms with Gasteiger partial charge in [0, 0.05) is 12.2 Å². The molecule has 0 aliphatic rings. The van der Waals surface area contributed by atoms with Crippen LogP contribution in [-0.4, -0.2) is 34.6 Å². The minimum Gasteiger partial charge on any atom is -0.394 e. The highest BCUT2D eigenvalue weighted by molar-refractivity contribution is 5.46. The molecular formula is C11H17NO3. The first-order chi connectivity index (χ1) is 7.13. The number of benzene rings is 1. The Kier molecular flexibility index (Phi) is 4.55. The van der Waals surface area contributed by atoms with Crippen LogP contribution in [0, 0.1) is 0 Å². The van der Waals surface area contributed by atoms with Crippen molar-refractivity contribution in [3.05, 3.63) is 29.8 Å². The predicted molar refractivity (Wildman–Crippen MR) is 58.7 cm³/mol. The Balaban J connectivity index is 2.58. The van der Waals surface area contributed by atoms with Gasteiger partial charge in [0.05, 0.1) is 18.8 Å². The van der Waals surface area contributed by atoms with Crippen LogP contribution < -0.4 is 5.32 Å². The first kappa shape index (κ1) is 12.0. The molecule has 15 heavy (non-hydrogen) atoms. The maximum atomic E-state index is 9.35. The third kappa shape index (κ3) is 3.87. The normalized spacial score (nSPS) is 14.7. The van der Waals surface area contributed by atoms with Crippen molar-refractivity contribution in [3.8, 4) is 0 Å². The summed E-state index contributed by atoms with van der Waals surface area (Å²) in [6, 6.07) is 7.32. The van der Waals surface area contributed by atoms with Crippen molar-refractivity contribution in [1.82, 2.24) is 0 Å². The molecule has 0 aliphatic carbocycles. The van der Waals surface area contributed by atoms with Gasteiger partial charge in [-0.3, -0.25) is 0 Å². The number of rotatable bonds is 5. The summed E-state index contributed by atoms with van der Waals surface area (Å²) < 4.78 is 0. The number of aliphatic hydroxyl groups is 3. The van der Waals surface area contributed by atoms with Gasteiger partial charge in [-0.25, -0.2) is 0 Å². The van der Waals surface area contributed by atoms with E-state index in [1.165, 1.54) is 0 Å². The number of hydrogen-bond donors (Lipinski definition) is 4. The average Bonchev–Trinajstić information content (AvgIpc) is 2.26. The van der Waals surface area contributed by atoms with Crippen molar-refractivity contribution >= 4 is 5.69 Å². The fourth-order valence-corrected chi connectivity index (χ4v) is 1.21. The average molecular weight is 211 g/mol. The molecule has 4 nitrogen and oxygen atoms in total. The van der Waals surface area contributed by atoms with Crippen LogP contribution >= 0.6 is 0 Å². The van der Waals surface area contributed by atoms with Crippen molar-refractivity contribution in [3.63, 3.8) is 0 Å². The lowest BCUT2D eigenvalue weighted by molar-refractivity contribution is 0.105. The summed E-state index contributed by atoms with van der Waals surface area (Å²) in [5.74, 6) is 0. The summed E-state index contributed by atoms with van der Waals surface area (Å²) in [6.07, 6.45) is -1.27. The van der Waals surface area contributed by atoms with Crippen LogP contribution in [0.5, 0.6) is 0 Å². The van der Waals surface area contributed by atoms with E-state index in [0.29, 0.717) is 6.54 Å². The lowest BCUT2D eigenvalue weighted by atomic mass is 10.1. The molecule has 4 N–H and O–H groups in total. The minimum absolute atomic E-state index is 0.261. The van der Waals surface area contributed by atoms with Gasteiger partial charge >= 0.3 is 0 Å². The molecule has 0 aromatic heterocycles. The zero-order valence-electron chi connectivity index (χ0n) is 8.72. The second-order valence-corrected chi connectivity index (χ2v) is 3.52. The number of nitrogens with one attached hydrogen (secondary N) is 1. The van der Waals surface area contributed by atoms with Gasteiger partial charge in [-0.1, -0.05) is 12.1 Å². The SMILES string of the molecule is CC(O)c1cccc(NCC(O)CO)c1. The summed E-state index contributed by atoms with van der Waals surface area (Å²) in [4.78, 5) is 0. The van der Waals surface area contributed by atoms with Crippen molar-refractivity contribution in [2.45, 2.75) is 19.1 Å². The Morgan fingerprint density at radius 2 is 2.07 bits per heavy atom. The molecule has 0 bridgehead atoms. The molecule has 1 rings (SSSR count). The van der Waals surface area contributed by atoms with E-state index < -0.39 is 12.2 Å². The van der Waals surface area contributed by atoms with Gasteiger partial charge in [0.25, 0.3) is 0 Å². The highest BCUT2D eigenvalue weighted by Crippen LogP contribution is 2.16. The van der Waals surface area contributed by atoms with E-state index in [1.807, 2.05) is 24.3 Å². The molecule has 0 saturated heterocycles. The lowest BCUT2D eigenvalue weighted by Crippen LogP contribution is -2.22. The van der Waals surface area contributed by atoms with Crippen molar-refractivity contribution in [1.29, 1.82) is 0 Å². The number of hydrogen-bond acceptors (Lipinski definition) is 4. The highest BCUT2D eigenvalue weighted by atomic mass is 16.3. The molecule has 4 heteroatoms. The molecule has 0 amide bonds. The van der Waals surface area contributed by atoms with Crippen molar-refractivity contribution < 1.29 is 15.3 Å². The van der Waals surface area contributed by atoms with Gasteiger partial charge in [0.15, 0.2) is 0 Å². The van der Waals surface area contributed by atoms with Crippen molar-refractivity contribution in [2.24, 2.45) is 0 Å². The molecule has 1 aromatic rings. The van der Waals surface area contributed by atoms with Gasteiger partial charge in [-0.05, 0) is 24.6 Å². The van der Waals surface area contributed by atoms with E-state index in [9.17, 15) is 5.11 Å². The summed E-state index contributed by atoms with van der Waals surface area (Å²) in [5.41, 5.74) is 1.64. The molecule has 2 unspecified atom stereocenters. The Morgan fingerprint density at radius 1 is 1.33 bits per heavy atom. The Morgan fingerprint density at radius 3 is 2.67 bits per heavy atom. The van der Waals surface area contributed by atoms with Gasteiger partial charge in [0.1, 0.15) is 0 Å². The van der Waals surface area contributed by atoms with Gasteiger partial charge in [0.2, 0.25) is 0 Å². The Bertz CT molecular complexity index is 302. The predicted octanol–water partition coefficient (Wildman–Crippen LogP) is 0.505. The molecule has 0 saturated carbocycles. The Labute approximate surface area is 89.2 Å². The highest BCUT2D eigenvalue weighted by Gasteiger charge is 2.03. The molecule has 0 heterocycles. The molecule has 2 atom stereocenters. The Hall–Kier alpha value is -1.10. The fraction of sp³-hybridized carbons (Fsp3) is 0.455. The third-order valence-electron chi connectivity index (χ3n) is 2.12. The quantitative estimate of drug-likeness (QED) is 0.572. The lowest BCUT2D eigenvalue weighted by Gasteiger charge is -2.12. The van der Waals surface area contributed by atoms with Crippen LogP contribution in [0.3, 0.4) is 0 Å². The van der Waals surface area contributed by atoms with Crippen LogP contribution in [0.4, 0.5) is 5.69 Å². The number of aliphatic hydroxyl groups excluding tert-OH is 3. The smallest absolute Gasteiger partial charge is 0.0942 e. The monoisotopic (exact) mass is 211 g/mol. The zero-order valence-corrected chi connectivity index (χ0v) is 8.72. The van der Waals surface area contributed by atoms with Crippen LogP contribution in [0.15, 0.2) is 24.3 Å². The van der Waals surface area contributed by atoms with Gasteiger partial charge < -0.3 is 20.6 Å². The summed E-state index contributed by atoms with van der Waals surface area (Å²) in [7, 11) is 0. The molecular weight excluding hydrogens is 194 g/mol. The van der Waals surface area contributed by atoms with E-state index in [0.717, 1.165) is 11.3 Å². The summed E-state index contributed by atoms with van der Waals surface area (Å²) >= 11 is 0. The van der Waals surface area contributed by atoms with E-state index >= 15 is 0 Å². The standard InChI is InChI=1S/C11H17NO3/c1-8(14)9-3-2-4-10(5-9)12-6-11(15)7-13/h2-5,8,11-15H,6-7H2,1H3. The first-order valence-electron chi connectivity index (χ1n) is 4.94. The molecule has 0 aliphatic heterocycles. The van der Waals surface area contributed by atoms with Gasteiger partial charge in [-0.2, -0.15) is 0 Å². The van der Waals surface area contributed by atoms with Crippen LogP contribution in [0.25, 0.3) is 0 Å². The molecule has 0 fully saturated rings. The van der Waals surface area contributed by atoms with E-state index in [4.69, 9.17) is 10.2 Å². The molecule has 84 valence electrons. The van der Waals surface area contributed by atoms with Crippen LogP contribution in [0.2, 0.25) is 0 Å².